The van der Waals surface area contributed by atoms with Gasteiger partial charge < -0.3 is 29.2 Å². The zero-order valence-corrected chi connectivity index (χ0v) is 22.6. The number of fused-ring (bicyclic) bond motifs is 2. The average Bonchev–Trinajstić information content (AvgIpc) is 3.55. The van der Waals surface area contributed by atoms with Gasteiger partial charge in [0.1, 0.15) is 11.6 Å². The van der Waals surface area contributed by atoms with E-state index in [1.54, 1.807) is 12.1 Å². The van der Waals surface area contributed by atoms with Gasteiger partial charge in [-0.3, -0.25) is 0 Å². The first kappa shape index (κ1) is 24.8. The van der Waals surface area contributed by atoms with E-state index in [-0.39, 0.29) is 0 Å². The van der Waals surface area contributed by atoms with Gasteiger partial charge >= 0.3 is 17.9 Å². The zero-order chi connectivity index (χ0) is 26.8. The van der Waals surface area contributed by atoms with E-state index in [1.807, 2.05) is 23.5 Å². The van der Waals surface area contributed by atoms with E-state index in [1.165, 1.54) is 33.0 Å². The topological polar surface area (TPSA) is 101 Å². The molecule has 8 nitrogen and oxygen atoms in total. The smallest absolute Gasteiger partial charge is 0.418 e. The molecule has 38 heavy (non-hydrogen) atoms. The van der Waals surface area contributed by atoms with Gasteiger partial charge in [-0.15, -0.1) is 11.3 Å². The number of hydrogen-bond donors (Lipinski definition) is 2. The van der Waals surface area contributed by atoms with Crippen molar-refractivity contribution < 1.29 is 28.9 Å². The van der Waals surface area contributed by atoms with Crippen LogP contribution < -0.4 is 9.64 Å². The van der Waals surface area contributed by atoms with Gasteiger partial charge in [0, 0.05) is 27.5 Å². The molecule has 0 radical (unpaired) electrons. The number of carbonyl (C=O) groups is 2. The number of H-pyrrole nitrogens is 1. The monoisotopic (exact) mass is 534 g/mol. The molecule has 0 aliphatic carbocycles. The molecular weight excluding hydrogens is 504 g/mol. The minimum atomic E-state index is -2.22. The lowest BCUT2D eigenvalue weighted by atomic mass is 9.90. The summed E-state index contributed by atoms with van der Waals surface area (Å²) in [5, 5.41) is 12.3. The number of carbonyl (C=O) groups excluding carboxylic acids is 2. The van der Waals surface area contributed by atoms with Crippen molar-refractivity contribution in [2.45, 2.75) is 64.6 Å². The van der Waals surface area contributed by atoms with Crippen LogP contribution in [-0.4, -0.2) is 46.7 Å². The van der Waals surface area contributed by atoms with Crippen LogP contribution in [0, 0.1) is 13.8 Å². The molecule has 0 spiro atoms. The zero-order valence-electron chi connectivity index (χ0n) is 21.7. The summed E-state index contributed by atoms with van der Waals surface area (Å²) >= 11 is 1.92. The molecule has 2 aliphatic heterocycles. The molecule has 4 aromatic rings. The molecule has 2 N–H and O–H groups in total. The summed E-state index contributed by atoms with van der Waals surface area (Å²) in [6, 6.07) is 14.6. The van der Waals surface area contributed by atoms with Crippen LogP contribution in [-0.2, 0) is 19.1 Å². The van der Waals surface area contributed by atoms with Crippen molar-refractivity contribution in [1.29, 1.82) is 0 Å². The highest BCUT2D eigenvalue weighted by Gasteiger charge is 2.56. The number of aliphatic hydroxyl groups is 1. The number of anilines is 1. The summed E-state index contributed by atoms with van der Waals surface area (Å²) in [7, 11) is 0. The Labute approximate surface area is 224 Å². The molecule has 0 saturated carbocycles. The number of aromatic amines is 1. The van der Waals surface area contributed by atoms with Crippen LogP contribution in [0.5, 0.6) is 5.75 Å². The number of aliphatic hydroxyl groups excluding tert-OH is 1. The Morgan fingerprint density at radius 1 is 1.13 bits per heavy atom. The number of cyclic esters (lactones) is 2. The molecule has 0 bridgehead atoms. The maximum Gasteiger partial charge on any atom is 0.449 e. The largest absolute Gasteiger partial charge is 0.449 e. The number of nitrogens with one attached hydrogen (secondary N) is 1. The second-order valence-electron chi connectivity index (χ2n) is 10.4. The van der Waals surface area contributed by atoms with E-state index in [0.717, 1.165) is 36.1 Å². The Morgan fingerprint density at radius 3 is 2.61 bits per heavy atom. The Balaban J connectivity index is 1.24. The van der Waals surface area contributed by atoms with Gasteiger partial charge in [0.05, 0.1) is 5.52 Å². The standard InChI is InChI=1S/C29H30N2O6S/c1-15-10-16(2)20-13-24(38-25(20)11-15)19-8-9-31(17(3)12-19)26-14-21-22(30-26)6-5-7-23(21)35-29(18(4)32)36-27(33)28(34)37-29/h5-7,10-11,13-14,17-19,30,32H,8-9,12H2,1-4H3/t17-,18+,19+/m1/s1. The summed E-state index contributed by atoms with van der Waals surface area (Å²) in [5.41, 5.74) is 3.46. The number of piperidine rings is 1. The highest BCUT2D eigenvalue weighted by molar-refractivity contribution is 7.19. The molecule has 2 fully saturated rings. The molecule has 3 atom stereocenters. The van der Waals surface area contributed by atoms with E-state index in [4.69, 9.17) is 14.2 Å². The number of thiophene rings is 1. The first-order valence-corrected chi connectivity index (χ1v) is 13.7. The highest BCUT2D eigenvalue weighted by atomic mass is 32.1. The molecule has 0 unspecified atom stereocenters. The molecule has 2 aromatic carbocycles. The normalized spacial score (nSPS) is 22.1. The number of hydrogen-bond acceptors (Lipinski definition) is 8. The van der Waals surface area contributed by atoms with Crippen molar-refractivity contribution in [3.05, 3.63) is 58.5 Å². The lowest BCUT2D eigenvalue weighted by Crippen LogP contribution is -2.47. The Kier molecular flexibility index (Phi) is 5.88. The lowest BCUT2D eigenvalue weighted by Gasteiger charge is -2.38. The minimum absolute atomic E-state index is 0.305. The van der Waals surface area contributed by atoms with Gasteiger partial charge in [0.15, 0.2) is 6.10 Å². The SMILES string of the molecule is Cc1cc(C)c2cc([C@H]3CCN(c4cc5c(OC6([C@H](C)O)OC(=O)C(=O)O6)cccc5[nH]4)[C@H](C)C3)sc2c1. The Bertz CT molecular complexity index is 1550. The van der Waals surface area contributed by atoms with Gasteiger partial charge in [-0.05, 0) is 93.3 Å². The lowest BCUT2D eigenvalue weighted by molar-refractivity contribution is -0.313. The summed E-state index contributed by atoms with van der Waals surface area (Å²) in [5.74, 6) is -2.82. The maximum atomic E-state index is 11.7. The number of rotatable bonds is 5. The number of esters is 2. The van der Waals surface area contributed by atoms with Crippen LogP contribution in [0.1, 0.15) is 48.6 Å². The van der Waals surface area contributed by atoms with Gasteiger partial charge in [-0.25, -0.2) is 9.59 Å². The second kappa shape index (κ2) is 9.03. The van der Waals surface area contributed by atoms with Crippen molar-refractivity contribution in [1.82, 2.24) is 4.98 Å². The van der Waals surface area contributed by atoms with Gasteiger partial charge in [0.2, 0.25) is 0 Å². The van der Waals surface area contributed by atoms with Crippen molar-refractivity contribution in [3.8, 4) is 5.75 Å². The molecule has 2 saturated heterocycles. The fraction of sp³-hybridized carbons (Fsp3) is 0.379. The summed E-state index contributed by atoms with van der Waals surface area (Å²) in [4.78, 5) is 30.7. The second-order valence-corrected chi connectivity index (χ2v) is 11.6. The molecule has 9 heteroatoms. The van der Waals surface area contributed by atoms with Crippen LogP contribution in [0.25, 0.3) is 21.0 Å². The van der Waals surface area contributed by atoms with E-state index in [0.29, 0.717) is 17.7 Å². The summed E-state index contributed by atoms with van der Waals surface area (Å²) in [6.07, 6.45) is 0.693. The van der Waals surface area contributed by atoms with Crippen molar-refractivity contribution in [3.63, 3.8) is 0 Å². The highest BCUT2D eigenvalue weighted by Crippen LogP contribution is 2.42. The first-order chi connectivity index (χ1) is 18.1. The molecule has 198 valence electrons. The van der Waals surface area contributed by atoms with E-state index in [2.05, 4.69) is 48.9 Å². The average molecular weight is 535 g/mol. The Hall–Kier alpha value is -3.56. The molecule has 4 heterocycles. The molecule has 6 rings (SSSR count). The maximum absolute atomic E-state index is 11.7. The molecule has 2 aliphatic rings. The molecule has 2 aromatic heterocycles. The third-order valence-electron chi connectivity index (χ3n) is 7.61. The van der Waals surface area contributed by atoms with Crippen LogP contribution in [0.2, 0.25) is 0 Å². The van der Waals surface area contributed by atoms with Crippen LogP contribution >= 0.6 is 11.3 Å². The molecule has 0 amide bonds. The quantitative estimate of drug-likeness (QED) is 0.265. The Morgan fingerprint density at radius 2 is 1.89 bits per heavy atom. The van der Waals surface area contributed by atoms with E-state index >= 15 is 0 Å². The van der Waals surface area contributed by atoms with Crippen LogP contribution in [0.3, 0.4) is 0 Å². The van der Waals surface area contributed by atoms with E-state index in [9.17, 15) is 14.7 Å². The number of benzene rings is 2. The van der Waals surface area contributed by atoms with Crippen LogP contribution in [0.15, 0.2) is 42.5 Å². The molecular formula is C29H30N2O6S. The number of aromatic nitrogens is 1. The van der Waals surface area contributed by atoms with Crippen molar-refractivity contribution >= 4 is 50.1 Å². The van der Waals surface area contributed by atoms with Crippen LogP contribution in [0.4, 0.5) is 5.82 Å². The number of aryl methyl sites for hydroxylation is 2. The third-order valence-corrected chi connectivity index (χ3v) is 8.85. The van der Waals surface area contributed by atoms with E-state index < -0.39 is 24.0 Å². The number of nitrogens with zero attached hydrogens (tertiary/aromatic N) is 1. The number of ether oxygens (including phenoxy) is 3. The van der Waals surface area contributed by atoms with Gasteiger partial charge in [-0.2, -0.15) is 0 Å². The third kappa shape index (κ3) is 4.10. The fourth-order valence-electron chi connectivity index (χ4n) is 5.67. The fourth-order valence-corrected chi connectivity index (χ4v) is 7.05. The first-order valence-electron chi connectivity index (χ1n) is 12.9. The summed E-state index contributed by atoms with van der Waals surface area (Å²) < 4.78 is 17.2. The predicted octanol–water partition coefficient (Wildman–Crippen LogP) is 5.29. The van der Waals surface area contributed by atoms with Gasteiger partial charge in [-0.1, -0.05) is 12.1 Å². The minimum Gasteiger partial charge on any atom is -0.418 e. The summed E-state index contributed by atoms with van der Waals surface area (Å²) in [6.45, 7) is 8.82. The van der Waals surface area contributed by atoms with Gasteiger partial charge in [0.25, 0.3) is 0 Å². The van der Waals surface area contributed by atoms with Crippen molar-refractivity contribution in [2.24, 2.45) is 0 Å². The van der Waals surface area contributed by atoms with Crippen molar-refractivity contribution in [2.75, 3.05) is 11.4 Å². The predicted molar refractivity (Wildman–Crippen MR) is 146 cm³/mol.